The van der Waals surface area contributed by atoms with Gasteiger partial charge in [0.15, 0.2) is 17.3 Å². The number of aromatic nitrogens is 1. The summed E-state index contributed by atoms with van der Waals surface area (Å²) in [6.07, 6.45) is -3.13. The van der Waals surface area contributed by atoms with Crippen molar-refractivity contribution >= 4 is 22.8 Å². The van der Waals surface area contributed by atoms with Crippen LogP contribution < -0.4 is 5.32 Å². The third-order valence-electron chi connectivity index (χ3n) is 7.03. The minimum absolute atomic E-state index is 0.0117. The van der Waals surface area contributed by atoms with Crippen molar-refractivity contribution < 1.29 is 22.4 Å². The number of carbonyl (C=O) groups excluding carboxylic acids is 1. The average Bonchev–Trinajstić information content (AvgIpc) is 3.37. The molecule has 208 valence electrons. The number of fused-ring (bicyclic) bond motifs is 1. The number of Topliss-reactive ketones (excluding diaryl/α,β-unsaturated/α-hetero) is 1. The maximum absolute atomic E-state index is 13.0. The highest BCUT2D eigenvalue weighted by Crippen LogP contribution is 2.31. The van der Waals surface area contributed by atoms with E-state index in [1.807, 2.05) is 49.1 Å². The number of nitriles is 1. The number of nitrogens with zero attached hydrogens (tertiary/aromatic N) is 5. The number of hydrogen-bond acceptors (Lipinski definition) is 8. The Morgan fingerprint density at radius 1 is 1.15 bits per heavy atom. The van der Waals surface area contributed by atoms with Crippen LogP contribution in [0.15, 0.2) is 57.6 Å². The number of allylic oxidation sites excluding steroid dienone is 1. The van der Waals surface area contributed by atoms with Gasteiger partial charge in [0.05, 0.1) is 24.7 Å². The maximum Gasteiger partial charge on any atom is 0.431 e. The average molecular weight is 551 g/mol. The summed E-state index contributed by atoms with van der Waals surface area (Å²) in [6, 6.07) is 13.2. The van der Waals surface area contributed by atoms with Crippen LogP contribution in [0.5, 0.6) is 0 Å². The predicted octanol–water partition coefficient (Wildman–Crippen LogP) is 4.62. The van der Waals surface area contributed by atoms with Crippen LogP contribution in [0, 0.1) is 11.3 Å². The molecule has 0 amide bonds. The highest BCUT2D eigenvalue weighted by molar-refractivity contribution is 5.84. The molecule has 2 aliphatic rings. The Morgan fingerprint density at radius 3 is 2.52 bits per heavy atom. The normalized spacial score (nSPS) is 16.5. The number of hydrogen-bond donors (Lipinski definition) is 1. The predicted molar refractivity (Wildman–Crippen MR) is 145 cm³/mol. The summed E-state index contributed by atoms with van der Waals surface area (Å²) < 4.78 is 45.1. The van der Waals surface area contributed by atoms with Crippen LogP contribution in [0.4, 0.5) is 13.2 Å². The summed E-state index contributed by atoms with van der Waals surface area (Å²) in [5, 5.41) is 11.7. The Bertz CT molecular complexity index is 1510. The monoisotopic (exact) mass is 550 g/mol. The topological polar surface area (TPSA) is 97.8 Å². The van der Waals surface area contributed by atoms with Crippen molar-refractivity contribution in [3.8, 4) is 17.5 Å². The molecule has 3 heterocycles. The smallest absolute Gasteiger partial charge is 0.431 e. The fraction of sp³-hybridized carbons (Fsp3) is 0.379. The van der Waals surface area contributed by atoms with Gasteiger partial charge in [0, 0.05) is 43.7 Å². The van der Waals surface area contributed by atoms with Crippen molar-refractivity contribution in [2.75, 3.05) is 39.3 Å². The van der Waals surface area contributed by atoms with Crippen LogP contribution in [0.1, 0.15) is 36.5 Å². The summed E-state index contributed by atoms with van der Waals surface area (Å²) in [6.45, 7) is 6.42. The number of benzene rings is 2. The van der Waals surface area contributed by atoms with Crippen LogP contribution in [-0.2, 0) is 11.2 Å². The number of carbonyl (C=O) groups is 1. The van der Waals surface area contributed by atoms with Crippen molar-refractivity contribution in [1.29, 1.82) is 5.26 Å². The van der Waals surface area contributed by atoms with E-state index in [1.165, 1.54) is 0 Å². The molecule has 0 aliphatic carbocycles. The van der Waals surface area contributed by atoms with Gasteiger partial charge < -0.3 is 14.6 Å². The lowest BCUT2D eigenvalue weighted by molar-refractivity contribution is -0.119. The fourth-order valence-corrected chi connectivity index (χ4v) is 4.89. The van der Waals surface area contributed by atoms with Gasteiger partial charge in [-0.2, -0.15) is 18.4 Å². The first-order chi connectivity index (χ1) is 19.1. The molecular formula is C29H29F3N6O2. The SMILES string of the molecule is CC(C)c1cc(C#N)cc2nc(-c3ccc(CC(=O)CN4CCN(C5=NCC=C(C(F)(F)F)N5)CC4)cc3)oc12. The van der Waals surface area contributed by atoms with Gasteiger partial charge in [0.1, 0.15) is 11.2 Å². The fourth-order valence-electron chi connectivity index (χ4n) is 4.89. The molecule has 8 nitrogen and oxygen atoms in total. The first-order valence-electron chi connectivity index (χ1n) is 13.1. The summed E-state index contributed by atoms with van der Waals surface area (Å²) in [5.74, 6) is 0.914. The molecule has 0 saturated carbocycles. The number of halogens is 3. The molecule has 0 spiro atoms. The first-order valence-corrected chi connectivity index (χ1v) is 13.1. The summed E-state index contributed by atoms with van der Waals surface area (Å²) in [4.78, 5) is 25.3. The molecule has 0 unspecified atom stereocenters. The summed E-state index contributed by atoms with van der Waals surface area (Å²) >= 11 is 0. The van der Waals surface area contributed by atoms with E-state index in [4.69, 9.17) is 4.42 Å². The van der Waals surface area contributed by atoms with Crippen LogP contribution >= 0.6 is 0 Å². The van der Waals surface area contributed by atoms with Gasteiger partial charge >= 0.3 is 6.18 Å². The zero-order valence-corrected chi connectivity index (χ0v) is 22.3. The summed E-state index contributed by atoms with van der Waals surface area (Å²) in [7, 11) is 0. The van der Waals surface area contributed by atoms with Crippen LogP contribution in [0.25, 0.3) is 22.6 Å². The molecule has 0 radical (unpaired) electrons. The Kier molecular flexibility index (Phi) is 7.63. The van der Waals surface area contributed by atoms with Gasteiger partial charge in [0.2, 0.25) is 5.89 Å². The lowest BCUT2D eigenvalue weighted by Gasteiger charge is -2.37. The van der Waals surface area contributed by atoms with Gasteiger partial charge in [-0.1, -0.05) is 26.0 Å². The third kappa shape index (κ3) is 6.02. The molecule has 40 heavy (non-hydrogen) atoms. The number of ketones is 1. The van der Waals surface area contributed by atoms with Crippen molar-refractivity contribution in [3.05, 3.63) is 64.9 Å². The molecule has 5 rings (SSSR count). The minimum atomic E-state index is -4.43. The van der Waals surface area contributed by atoms with E-state index in [9.17, 15) is 23.2 Å². The second-order valence-corrected chi connectivity index (χ2v) is 10.3. The Morgan fingerprint density at radius 2 is 1.88 bits per heavy atom. The number of rotatable bonds is 6. The zero-order chi connectivity index (χ0) is 28.4. The van der Waals surface area contributed by atoms with Crippen LogP contribution in [-0.4, -0.2) is 72.0 Å². The highest BCUT2D eigenvalue weighted by Gasteiger charge is 2.36. The summed E-state index contributed by atoms with van der Waals surface area (Å²) in [5.41, 5.74) is 3.64. The second-order valence-electron chi connectivity index (χ2n) is 10.3. The van der Waals surface area contributed by atoms with E-state index >= 15 is 0 Å². The van der Waals surface area contributed by atoms with E-state index in [2.05, 4.69) is 21.4 Å². The van der Waals surface area contributed by atoms with Crippen molar-refractivity contribution in [2.45, 2.75) is 32.4 Å². The van der Waals surface area contributed by atoms with Gasteiger partial charge in [-0.3, -0.25) is 9.69 Å². The Balaban J connectivity index is 1.15. The number of nitrogens with one attached hydrogen (secondary N) is 1. The molecule has 11 heteroatoms. The van der Waals surface area contributed by atoms with Gasteiger partial charge in [0.25, 0.3) is 0 Å². The van der Waals surface area contributed by atoms with Crippen molar-refractivity contribution in [1.82, 2.24) is 20.1 Å². The number of alkyl halides is 3. The van der Waals surface area contributed by atoms with E-state index in [0.717, 1.165) is 22.8 Å². The lowest BCUT2D eigenvalue weighted by atomic mass is 10.00. The molecule has 3 aromatic rings. The molecule has 2 aromatic carbocycles. The minimum Gasteiger partial charge on any atom is -0.436 e. The molecule has 2 aliphatic heterocycles. The van der Waals surface area contributed by atoms with Crippen molar-refractivity contribution in [2.24, 2.45) is 4.99 Å². The molecule has 1 fully saturated rings. The van der Waals surface area contributed by atoms with Crippen LogP contribution in [0.2, 0.25) is 0 Å². The van der Waals surface area contributed by atoms with Crippen LogP contribution in [0.3, 0.4) is 0 Å². The number of guanidine groups is 1. The first kappa shape index (κ1) is 27.4. The standard InChI is InChI=1S/C29H29F3N6O2/c1-18(2)23-14-20(16-33)15-24-26(23)40-27(35-24)21-5-3-19(4-6-21)13-22(39)17-37-9-11-38(12-10-37)28-34-8-7-25(36-28)29(30,31)32/h3-7,14-15,18H,8-13,17H2,1-2H3,(H,34,36). The molecule has 1 aromatic heterocycles. The molecule has 0 bridgehead atoms. The number of oxazole rings is 1. The highest BCUT2D eigenvalue weighted by atomic mass is 19.4. The van der Waals surface area contributed by atoms with E-state index in [-0.39, 0.29) is 37.2 Å². The van der Waals surface area contributed by atoms with E-state index in [1.54, 1.807) is 11.0 Å². The Labute approximate surface area is 229 Å². The third-order valence-corrected chi connectivity index (χ3v) is 7.03. The van der Waals surface area contributed by atoms with E-state index < -0.39 is 11.9 Å². The molecule has 1 saturated heterocycles. The number of aliphatic imine (C=N–C) groups is 1. The maximum atomic E-state index is 13.0. The largest absolute Gasteiger partial charge is 0.436 e. The lowest BCUT2D eigenvalue weighted by Crippen LogP contribution is -2.54. The second kappa shape index (κ2) is 11.1. The Hall–Kier alpha value is -4.17. The zero-order valence-electron chi connectivity index (χ0n) is 22.3. The van der Waals surface area contributed by atoms with Gasteiger partial charge in [-0.25, -0.2) is 9.98 Å². The molecule has 0 atom stereocenters. The van der Waals surface area contributed by atoms with Gasteiger partial charge in [-0.15, -0.1) is 0 Å². The quantitative estimate of drug-likeness (QED) is 0.478. The number of piperazine rings is 1. The van der Waals surface area contributed by atoms with Crippen molar-refractivity contribution in [3.63, 3.8) is 0 Å². The molecule has 1 N–H and O–H groups in total. The van der Waals surface area contributed by atoms with Gasteiger partial charge in [-0.05, 0) is 41.8 Å². The molecular weight excluding hydrogens is 521 g/mol. The van der Waals surface area contributed by atoms with E-state index in [0.29, 0.717) is 48.7 Å².